The Labute approximate surface area is 151 Å². The van der Waals surface area contributed by atoms with Gasteiger partial charge in [0.25, 0.3) is 0 Å². The van der Waals surface area contributed by atoms with Crippen molar-refractivity contribution in [3.05, 3.63) is 35.9 Å². The summed E-state index contributed by atoms with van der Waals surface area (Å²) >= 11 is 0. The molecule has 1 aromatic rings. The molecule has 138 valence electrons. The zero-order valence-electron chi connectivity index (χ0n) is 16.0. The quantitative estimate of drug-likeness (QED) is 0.747. The van der Waals surface area contributed by atoms with Crippen molar-refractivity contribution in [3.8, 4) is 0 Å². The maximum Gasteiger partial charge on any atom is 0.411 e. The minimum absolute atomic E-state index is 0.0270. The van der Waals surface area contributed by atoms with Gasteiger partial charge >= 0.3 is 6.09 Å². The predicted molar refractivity (Wildman–Crippen MR) is 99.6 cm³/mol. The van der Waals surface area contributed by atoms with Crippen molar-refractivity contribution < 1.29 is 14.3 Å². The minimum atomic E-state index is -0.965. The lowest BCUT2D eigenvalue weighted by Gasteiger charge is -2.39. The number of hydrogen-bond donors (Lipinski definition) is 0. The molecule has 0 saturated heterocycles. The van der Waals surface area contributed by atoms with E-state index in [1.807, 2.05) is 58.0 Å². The van der Waals surface area contributed by atoms with Crippen LogP contribution in [-0.4, -0.2) is 34.5 Å². The van der Waals surface area contributed by atoms with E-state index < -0.39 is 5.60 Å². The average molecular weight is 345 g/mol. The molecule has 0 radical (unpaired) electrons. The smallest absolute Gasteiger partial charge is 0.411 e. The third-order valence-corrected chi connectivity index (χ3v) is 4.98. The second-order valence-corrected chi connectivity index (χ2v) is 7.60. The van der Waals surface area contributed by atoms with Crippen LogP contribution in [0.5, 0.6) is 0 Å². The molecule has 0 spiro atoms. The first-order valence-electron chi connectivity index (χ1n) is 9.44. The molecule has 1 saturated carbocycles. The Hall–Kier alpha value is -1.84. The Bertz CT molecular complexity index is 566. The molecule has 0 bridgehead atoms. The number of ether oxygens (including phenoxy) is 1. The number of Topliss-reactive ketones (excluding diaryl/α,β-unsaturated/α-hetero) is 1. The lowest BCUT2D eigenvalue weighted by molar-refractivity contribution is -0.142. The lowest BCUT2D eigenvalue weighted by atomic mass is 9.79. The molecule has 1 fully saturated rings. The van der Waals surface area contributed by atoms with E-state index in [1.165, 1.54) is 0 Å². The Kier molecular flexibility index (Phi) is 6.63. The maximum atomic E-state index is 13.1. The van der Waals surface area contributed by atoms with Gasteiger partial charge in [-0.2, -0.15) is 0 Å². The number of hydrogen-bond acceptors (Lipinski definition) is 3. The molecular weight excluding hydrogens is 314 g/mol. The molecule has 0 N–H and O–H groups in total. The van der Waals surface area contributed by atoms with Crippen molar-refractivity contribution in [1.29, 1.82) is 0 Å². The normalized spacial score (nSPS) is 16.7. The molecule has 0 unspecified atom stereocenters. The zero-order valence-corrected chi connectivity index (χ0v) is 16.0. The summed E-state index contributed by atoms with van der Waals surface area (Å²) in [6, 6.07) is 9.78. The molecule has 2 rings (SSSR count). The van der Waals surface area contributed by atoms with Crippen molar-refractivity contribution in [2.45, 2.75) is 83.9 Å². The van der Waals surface area contributed by atoms with Gasteiger partial charge in [0.05, 0.1) is 0 Å². The largest absolute Gasteiger partial charge is 0.435 e. The molecular formula is C21H31NO3. The zero-order chi connectivity index (χ0) is 18.4. The van der Waals surface area contributed by atoms with Gasteiger partial charge in [-0.1, -0.05) is 36.8 Å². The highest BCUT2D eigenvalue weighted by molar-refractivity contribution is 5.91. The van der Waals surface area contributed by atoms with E-state index in [2.05, 4.69) is 0 Å². The fourth-order valence-corrected chi connectivity index (χ4v) is 3.74. The second kappa shape index (κ2) is 8.50. The third-order valence-electron chi connectivity index (χ3n) is 4.98. The summed E-state index contributed by atoms with van der Waals surface area (Å²) in [6.45, 7) is 7.89. The van der Waals surface area contributed by atoms with Gasteiger partial charge in [0.2, 0.25) is 0 Å². The lowest BCUT2D eigenvalue weighted by Crippen LogP contribution is -2.51. The highest BCUT2D eigenvalue weighted by atomic mass is 16.6. The fourth-order valence-electron chi connectivity index (χ4n) is 3.74. The predicted octanol–water partition coefficient (Wildman–Crippen LogP) is 4.76. The number of benzene rings is 1. The average Bonchev–Trinajstić information content (AvgIpc) is 2.55. The van der Waals surface area contributed by atoms with Crippen molar-refractivity contribution in [3.63, 3.8) is 0 Å². The highest BCUT2D eigenvalue weighted by Gasteiger charge is 2.44. The standard InChI is InChI=1S/C21H31NO3/c1-16(2)22(17(3)4)20(24)25-21(13-9-6-10-14-21)19(23)15-18-11-7-5-8-12-18/h5,7-8,11-12,16-17H,6,9-10,13-15H2,1-4H3. The van der Waals surface area contributed by atoms with Gasteiger partial charge in [-0.15, -0.1) is 0 Å². The minimum Gasteiger partial charge on any atom is -0.435 e. The number of nitrogens with zero attached hydrogens (tertiary/aromatic N) is 1. The van der Waals surface area contributed by atoms with Gasteiger partial charge in [-0.3, -0.25) is 4.79 Å². The van der Waals surface area contributed by atoms with E-state index in [1.54, 1.807) is 4.90 Å². The van der Waals surface area contributed by atoms with E-state index in [0.717, 1.165) is 24.8 Å². The molecule has 1 aliphatic rings. The van der Waals surface area contributed by atoms with Gasteiger partial charge < -0.3 is 9.64 Å². The molecule has 0 aromatic heterocycles. The molecule has 25 heavy (non-hydrogen) atoms. The van der Waals surface area contributed by atoms with Gasteiger partial charge in [0.15, 0.2) is 11.4 Å². The van der Waals surface area contributed by atoms with E-state index in [-0.39, 0.29) is 24.0 Å². The molecule has 4 heteroatoms. The molecule has 0 atom stereocenters. The molecule has 1 aliphatic carbocycles. The van der Waals surface area contributed by atoms with Crippen LogP contribution in [0.2, 0.25) is 0 Å². The van der Waals surface area contributed by atoms with E-state index >= 15 is 0 Å². The number of carbonyl (C=O) groups excluding carboxylic acids is 2. The van der Waals surface area contributed by atoms with Crippen LogP contribution in [-0.2, 0) is 16.0 Å². The van der Waals surface area contributed by atoms with Crippen LogP contribution < -0.4 is 0 Å². The van der Waals surface area contributed by atoms with Crippen molar-refractivity contribution >= 4 is 11.9 Å². The second-order valence-electron chi connectivity index (χ2n) is 7.60. The summed E-state index contributed by atoms with van der Waals surface area (Å²) in [6.07, 6.45) is 4.17. The number of rotatable bonds is 6. The van der Waals surface area contributed by atoms with E-state index in [4.69, 9.17) is 4.74 Å². The summed E-state index contributed by atoms with van der Waals surface area (Å²) in [7, 11) is 0. The monoisotopic (exact) mass is 345 g/mol. The van der Waals surface area contributed by atoms with E-state index in [9.17, 15) is 9.59 Å². The Balaban J connectivity index is 2.19. The van der Waals surface area contributed by atoms with Crippen LogP contribution in [0.25, 0.3) is 0 Å². The SMILES string of the molecule is CC(C)N(C(=O)OC1(C(=O)Cc2ccccc2)CCCCC1)C(C)C. The Morgan fingerprint density at radius 2 is 1.56 bits per heavy atom. The van der Waals surface area contributed by atoms with Crippen LogP contribution >= 0.6 is 0 Å². The van der Waals surface area contributed by atoms with Gasteiger partial charge in [-0.05, 0) is 58.9 Å². The van der Waals surface area contributed by atoms with Crippen molar-refractivity contribution in [2.24, 2.45) is 0 Å². The maximum absolute atomic E-state index is 13.1. The number of carbonyl (C=O) groups is 2. The Morgan fingerprint density at radius 3 is 2.08 bits per heavy atom. The summed E-state index contributed by atoms with van der Waals surface area (Å²) in [5.74, 6) is 0.0270. The molecule has 0 heterocycles. The number of amides is 1. The summed E-state index contributed by atoms with van der Waals surface area (Å²) in [5, 5.41) is 0. The van der Waals surface area contributed by atoms with Crippen LogP contribution in [0.4, 0.5) is 4.79 Å². The topological polar surface area (TPSA) is 46.6 Å². The molecule has 1 amide bonds. The summed E-state index contributed by atoms with van der Waals surface area (Å²) in [5.41, 5.74) is 0.00536. The van der Waals surface area contributed by atoms with Crippen molar-refractivity contribution in [2.75, 3.05) is 0 Å². The first kappa shape index (κ1) is 19.5. The highest BCUT2D eigenvalue weighted by Crippen LogP contribution is 2.34. The summed E-state index contributed by atoms with van der Waals surface area (Å²) in [4.78, 5) is 27.6. The number of ketones is 1. The van der Waals surface area contributed by atoms with Gasteiger partial charge in [0.1, 0.15) is 0 Å². The molecule has 0 aliphatic heterocycles. The first-order chi connectivity index (χ1) is 11.9. The van der Waals surface area contributed by atoms with Gasteiger partial charge in [-0.25, -0.2) is 4.79 Å². The van der Waals surface area contributed by atoms with Crippen molar-refractivity contribution in [1.82, 2.24) is 4.90 Å². The summed E-state index contributed by atoms with van der Waals surface area (Å²) < 4.78 is 5.94. The van der Waals surface area contributed by atoms with Crippen LogP contribution in [0.1, 0.15) is 65.4 Å². The molecule has 4 nitrogen and oxygen atoms in total. The fraction of sp³-hybridized carbons (Fsp3) is 0.619. The van der Waals surface area contributed by atoms with Crippen LogP contribution in [0.15, 0.2) is 30.3 Å². The Morgan fingerprint density at radius 1 is 1.00 bits per heavy atom. The van der Waals surface area contributed by atoms with Crippen LogP contribution in [0, 0.1) is 0 Å². The third kappa shape index (κ3) is 4.83. The van der Waals surface area contributed by atoms with E-state index in [0.29, 0.717) is 19.3 Å². The first-order valence-corrected chi connectivity index (χ1v) is 9.44. The van der Waals surface area contributed by atoms with Crippen LogP contribution in [0.3, 0.4) is 0 Å². The van der Waals surface area contributed by atoms with Gasteiger partial charge in [0, 0.05) is 18.5 Å². The molecule has 1 aromatic carbocycles.